The van der Waals surface area contributed by atoms with Gasteiger partial charge in [0.05, 0.1) is 12.1 Å². The Balaban J connectivity index is 3.75. The molecule has 0 bridgehead atoms. The Labute approximate surface area is 92.1 Å². The van der Waals surface area contributed by atoms with Crippen molar-refractivity contribution in [3.8, 4) is 0 Å². The van der Waals surface area contributed by atoms with Gasteiger partial charge in [0.25, 0.3) is 5.91 Å². The summed E-state index contributed by atoms with van der Waals surface area (Å²) in [4.78, 5) is 31.8. The van der Waals surface area contributed by atoms with Gasteiger partial charge in [-0.1, -0.05) is 0 Å². The fraction of sp³-hybridized carbons (Fsp3) is 0.444. The summed E-state index contributed by atoms with van der Waals surface area (Å²) in [5.41, 5.74) is 4.01. The maximum Gasteiger partial charge on any atom is 0.262 e. The minimum Gasteiger partial charge on any atom is -0.545 e. The molecular weight excluding hydrogens is 216 g/mol. The Hall–Kier alpha value is -1.89. The van der Waals surface area contributed by atoms with Crippen LogP contribution in [0.5, 0.6) is 0 Å². The maximum atomic E-state index is 11.0. The second-order valence-corrected chi connectivity index (χ2v) is 3.08. The summed E-state index contributed by atoms with van der Waals surface area (Å²) in [6.45, 7) is 1.54. The zero-order valence-electron chi connectivity index (χ0n) is 8.73. The van der Waals surface area contributed by atoms with E-state index in [0.717, 1.165) is 0 Å². The molecule has 0 aliphatic heterocycles. The van der Waals surface area contributed by atoms with Crippen LogP contribution >= 0.6 is 0 Å². The summed E-state index contributed by atoms with van der Waals surface area (Å²) in [5.74, 6) is -2.76. The molecule has 0 fully saturated rings. The molecule has 1 atom stereocenters. The highest BCUT2D eigenvalue weighted by Crippen LogP contribution is 1.94. The van der Waals surface area contributed by atoms with Crippen molar-refractivity contribution in [3.63, 3.8) is 0 Å². The van der Waals surface area contributed by atoms with Crippen molar-refractivity contribution in [1.82, 2.24) is 10.9 Å². The largest absolute Gasteiger partial charge is 0.545 e. The number of aliphatic hydroxyl groups is 1. The van der Waals surface area contributed by atoms with E-state index >= 15 is 0 Å². The van der Waals surface area contributed by atoms with Crippen molar-refractivity contribution in [2.45, 2.75) is 25.9 Å². The Kier molecular flexibility index (Phi) is 6.53. The number of amides is 2. The van der Waals surface area contributed by atoms with E-state index in [4.69, 9.17) is 5.11 Å². The number of nitrogens with one attached hydrogen (secondary N) is 2. The van der Waals surface area contributed by atoms with Crippen molar-refractivity contribution in [1.29, 1.82) is 0 Å². The molecule has 0 heterocycles. The summed E-state index contributed by atoms with van der Waals surface area (Å²) in [5, 5.41) is 18.8. The van der Waals surface area contributed by atoms with E-state index < -0.39 is 23.9 Å². The molecule has 16 heavy (non-hydrogen) atoms. The van der Waals surface area contributed by atoms with Crippen LogP contribution in [0.25, 0.3) is 0 Å². The van der Waals surface area contributed by atoms with Crippen LogP contribution in [0.3, 0.4) is 0 Å². The first-order chi connectivity index (χ1) is 7.41. The quantitative estimate of drug-likeness (QED) is 0.359. The number of carbonyl (C=O) groups excluding carboxylic acids is 3. The van der Waals surface area contributed by atoms with Crippen LogP contribution < -0.4 is 16.0 Å². The molecule has 3 N–H and O–H groups in total. The molecule has 0 saturated carbocycles. The molecule has 1 unspecified atom stereocenters. The van der Waals surface area contributed by atoms with Crippen LogP contribution in [0.2, 0.25) is 0 Å². The monoisotopic (exact) mass is 229 g/mol. The second-order valence-electron chi connectivity index (χ2n) is 3.08. The average Bonchev–Trinajstić information content (AvgIpc) is 2.20. The van der Waals surface area contributed by atoms with E-state index in [-0.39, 0.29) is 12.8 Å². The zero-order valence-corrected chi connectivity index (χ0v) is 8.73. The molecular formula is C9H13N2O5-. The predicted octanol–water partition coefficient (Wildman–Crippen LogP) is -2.40. The van der Waals surface area contributed by atoms with E-state index in [1.807, 2.05) is 10.9 Å². The first kappa shape index (κ1) is 14.1. The smallest absolute Gasteiger partial charge is 0.262 e. The van der Waals surface area contributed by atoms with Gasteiger partial charge in [0.2, 0.25) is 5.91 Å². The molecule has 0 rings (SSSR count). The Morgan fingerprint density at radius 2 is 1.94 bits per heavy atom. The number of carboxylic acids is 1. The van der Waals surface area contributed by atoms with Gasteiger partial charge in [-0.3, -0.25) is 20.4 Å². The van der Waals surface area contributed by atoms with Gasteiger partial charge < -0.3 is 15.0 Å². The number of hydrazine groups is 1. The number of rotatable bonds is 5. The van der Waals surface area contributed by atoms with Gasteiger partial charge >= 0.3 is 0 Å². The third-order valence-corrected chi connectivity index (χ3v) is 1.49. The third-order valence-electron chi connectivity index (χ3n) is 1.49. The second kappa shape index (κ2) is 7.41. The number of carbonyl (C=O) groups is 3. The van der Waals surface area contributed by atoms with Crippen molar-refractivity contribution in [2.24, 2.45) is 0 Å². The van der Waals surface area contributed by atoms with Gasteiger partial charge in [-0.15, -0.1) is 0 Å². The van der Waals surface area contributed by atoms with Crippen molar-refractivity contribution >= 4 is 17.8 Å². The summed E-state index contributed by atoms with van der Waals surface area (Å²) < 4.78 is 0. The predicted molar refractivity (Wildman–Crippen MR) is 51.3 cm³/mol. The van der Waals surface area contributed by atoms with Crippen LogP contribution in [-0.4, -0.2) is 29.0 Å². The molecule has 90 valence electrons. The molecule has 0 aromatic heterocycles. The SMILES string of the molecule is CC(O)CCC(=O)NNC(=O)/C=C/C(=O)[O-]. The van der Waals surface area contributed by atoms with E-state index in [1.165, 1.54) is 6.92 Å². The minimum atomic E-state index is -1.50. The average molecular weight is 229 g/mol. The van der Waals surface area contributed by atoms with Crippen LogP contribution in [0.15, 0.2) is 12.2 Å². The summed E-state index contributed by atoms with van der Waals surface area (Å²) in [6, 6.07) is 0. The number of hydrogen-bond donors (Lipinski definition) is 3. The van der Waals surface area contributed by atoms with Crippen molar-refractivity contribution in [3.05, 3.63) is 12.2 Å². The summed E-state index contributed by atoms with van der Waals surface area (Å²) in [6.07, 6.45) is 0.986. The van der Waals surface area contributed by atoms with Crippen molar-refractivity contribution in [2.75, 3.05) is 0 Å². The molecule has 7 nitrogen and oxygen atoms in total. The van der Waals surface area contributed by atoms with Gasteiger partial charge in [0.1, 0.15) is 0 Å². The number of carboxylic acid groups (broad SMARTS) is 1. The highest BCUT2D eigenvalue weighted by molar-refractivity contribution is 5.94. The number of aliphatic hydroxyl groups excluding tert-OH is 1. The van der Waals surface area contributed by atoms with Gasteiger partial charge in [0.15, 0.2) is 0 Å². The molecule has 0 aromatic rings. The molecule has 0 saturated heterocycles. The minimum absolute atomic E-state index is 0.0577. The molecule has 0 aliphatic carbocycles. The first-order valence-corrected chi connectivity index (χ1v) is 4.57. The Morgan fingerprint density at radius 3 is 2.44 bits per heavy atom. The standard InChI is InChI=1S/C9H14N2O5/c1-6(12)2-3-7(13)10-11-8(14)4-5-9(15)16/h4-6,12H,2-3H2,1H3,(H,10,13)(H,11,14)(H,15,16)/p-1/b5-4+. The molecule has 7 heteroatoms. The lowest BCUT2D eigenvalue weighted by Gasteiger charge is -2.06. The highest BCUT2D eigenvalue weighted by Gasteiger charge is 2.04. The van der Waals surface area contributed by atoms with Crippen LogP contribution in [-0.2, 0) is 14.4 Å². The highest BCUT2D eigenvalue weighted by atomic mass is 16.4. The lowest BCUT2D eigenvalue weighted by atomic mass is 10.2. The fourth-order valence-corrected chi connectivity index (χ4v) is 0.719. The Morgan fingerprint density at radius 1 is 1.31 bits per heavy atom. The Bertz CT molecular complexity index is 298. The van der Waals surface area contributed by atoms with Gasteiger partial charge in [0, 0.05) is 12.5 Å². The van der Waals surface area contributed by atoms with E-state index in [0.29, 0.717) is 12.2 Å². The van der Waals surface area contributed by atoms with Crippen LogP contribution in [0.1, 0.15) is 19.8 Å². The van der Waals surface area contributed by atoms with E-state index in [9.17, 15) is 19.5 Å². The maximum absolute atomic E-state index is 11.0. The number of aliphatic carboxylic acids is 1. The van der Waals surface area contributed by atoms with E-state index in [1.54, 1.807) is 0 Å². The van der Waals surface area contributed by atoms with Crippen molar-refractivity contribution < 1.29 is 24.6 Å². The molecule has 0 radical (unpaired) electrons. The van der Waals surface area contributed by atoms with Gasteiger partial charge in [-0.2, -0.15) is 0 Å². The summed E-state index contributed by atoms with van der Waals surface area (Å²) >= 11 is 0. The molecule has 2 amide bonds. The fourth-order valence-electron chi connectivity index (χ4n) is 0.719. The topological polar surface area (TPSA) is 119 Å². The van der Waals surface area contributed by atoms with Gasteiger partial charge in [-0.05, 0) is 19.4 Å². The lowest BCUT2D eigenvalue weighted by Crippen LogP contribution is -2.41. The normalized spacial score (nSPS) is 12.1. The first-order valence-electron chi connectivity index (χ1n) is 4.57. The zero-order chi connectivity index (χ0) is 12.6. The van der Waals surface area contributed by atoms with Gasteiger partial charge in [-0.25, -0.2) is 0 Å². The summed E-state index contributed by atoms with van der Waals surface area (Å²) in [7, 11) is 0. The molecule has 0 aliphatic rings. The lowest BCUT2D eigenvalue weighted by molar-refractivity contribution is -0.297. The number of hydrogen-bond acceptors (Lipinski definition) is 5. The van der Waals surface area contributed by atoms with Crippen LogP contribution in [0, 0.1) is 0 Å². The molecule has 0 spiro atoms. The molecule has 0 aromatic carbocycles. The van der Waals surface area contributed by atoms with Crippen LogP contribution in [0.4, 0.5) is 0 Å². The van der Waals surface area contributed by atoms with E-state index in [2.05, 4.69) is 0 Å². The third kappa shape index (κ3) is 8.70.